The lowest BCUT2D eigenvalue weighted by Gasteiger charge is -2.22. The van der Waals surface area contributed by atoms with Crippen LogP contribution in [0, 0.1) is 0 Å². The van der Waals surface area contributed by atoms with E-state index in [1.807, 2.05) is 24.0 Å². The van der Waals surface area contributed by atoms with Gasteiger partial charge in [-0.2, -0.15) is 5.10 Å². The molecule has 140 valence electrons. The summed E-state index contributed by atoms with van der Waals surface area (Å²) in [5.41, 5.74) is 5.03. The summed E-state index contributed by atoms with van der Waals surface area (Å²) in [5, 5.41) is 7.94. The van der Waals surface area contributed by atoms with Crippen molar-refractivity contribution < 1.29 is 0 Å². The van der Waals surface area contributed by atoms with Gasteiger partial charge >= 0.3 is 0 Å². The van der Waals surface area contributed by atoms with Gasteiger partial charge in [-0.05, 0) is 23.6 Å². The Hall–Kier alpha value is -2.35. The number of halogens is 1. The first-order chi connectivity index (χ1) is 12.8. The summed E-state index contributed by atoms with van der Waals surface area (Å²) >= 11 is 0. The number of nitrogens with one attached hydrogen (secondary N) is 1. The van der Waals surface area contributed by atoms with Gasteiger partial charge in [0.1, 0.15) is 0 Å². The maximum absolute atomic E-state index is 4.47. The second-order valence-corrected chi connectivity index (χ2v) is 6.46. The zero-order valence-corrected chi connectivity index (χ0v) is 17.7. The van der Waals surface area contributed by atoms with Crippen LogP contribution in [0.1, 0.15) is 16.7 Å². The minimum atomic E-state index is 0. The Kier molecular flexibility index (Phi) is 6.49. The van der Waals surface area contributed by atoms with E-state index in [0.717, 1.165) is 31.0 Å². The van der Waals surface area contributed by atoms with Crippen molar-refractivity contribution in [3.63, 3.8) is 0 Å². The number of hydrogen-bond acceptors (Lipinski definition) is 2. The van der Waals surface area contributed by atoms with Crippen molar-refractivity contribution in [2.75, 3.05) is 18.5 Å². The predicted octanol–water partition coefficient (Wildman–Crippen LogP) is 3.69. The zero-order valence-electron chi connectivity index (χ0n) is 15.4. The molecule has 2 heterocycles. The van der Waals surface area contributed by atoms with Gasteiger partial charge in [0.2, 0.25) is 0 Å². The third-order valence-electron chi connectivity index (χ3n) is 4.68. The van der Waals surface area contributed by atoms with Gasteiger partial charge in [0.25, 0.3) is 0 Å². The summed E-state index contributed by atoms with van der Waals surface area (Å²) in [7, 11) is 1.84. The summed E-state index contributed by atoms with van der Waals surface area (Å²) in [5.74, 6) is 0.908. The van der Waals surface area contributed by atoms with E-state index in [1.165, 1.54) is 16.8 Å². The fraction of sp³-hybridized carbons (Fsp3) is 0.238. The monoisotopic (exact) mass is 473 g/mol. The first-order valence-electron chi connectivity index (χ1n) is 8.95. The molecule has 0 amide bonds. The van der Waals surface area contributed by atoms with Crippen molar-refractivity contribution in [1.29, 1.82) is 0 Å². The second kappa shape index (κ2) is 9.03. The van der Waals surface area contributed by atoms with Crippen LogP contribution < -0.4 is 10.2 Å². The highest BCUT2D eigenvalue weighted by atomic mass is 127. The molecule has 0 spiro atoms. The predicted molar refractivity (Wildman–Crippen MR) is 121 cm³/mol. The number of anilines is 1. The van der Waals surface area contributed by atoms with Crippen LogP contribution in [-0.4, -0.2) is 29.3 Å². The summed E-state index contributed by atoms with van der Waals surface area (Å²) < 4.78 is 1.97. The highest BCUT2D eigenvalue weighted by Gasteiger charge is 2.22. The van der Waals surface area contributed by atoms with E-state index in [9.17, 15) is 0 Å². The molecule has 3 aromatic rings. The Balaban J connectivity index is 0.00000210. The molecule has 1 aromatic heterocycles. The van der Waals surface area contributed by atoms with E-state index in [4.69, 9.17) is 0 Å². The smallest absolute Gasteiger partial charge is 0.198 e. The van der Waals surface area contributed by atoms with Gasteiger partial charge in [-0.3, -0.25) is 9.67 Å². The quantitative estimate of drug-likeness (QED) is 0.357. The Labute approximate surface area is 177 Å². The molecule has 0 radical (unpaired) electrons. The second-order valence-electron chi connectivity index (χ2n) is 6.46. The Morgan fingerprint density at radius 2 is 1.85 bits per heavy atom. The normalized spacial score (nSPS) is 13.2. The molecule has 0 bridgehead atoms. The average Bonchev–Trinajstić information content (AvgIpc) is 3.31. The van der Waals surface area contributed by atoms with Gasteiger partial charge in [0, 0.05) is 37.6 Å². The van der Waals surface area contributed by atoms with E-state index >= 15 is 0 Å². The molecule has 1 aliphatic heterocycles. The molecular weight excluding hydrogens is 449 g/mol. The number of para-hydroxylation sites is 1. The van der Waals surface area contributed by atoms with Crippen LogP contribution in [0.25, 0.3) is 0 Å². The molecule has 1 aliphatic rings. The fourth-order valence-electron chi connectivity index (χ4n) is 3.39. The van der Waals surface area contributed by atoms with E-state index in [0.29, 0.717) is 6.54 Å². The van der Waals surface area contributed by atoms with Crippen molar-refractivity contribution in [3.8, 4) is 0 Å². The Morgan fingerprint density at radius 1 is 1.07 bits per heavy atom. The first kappa shape index (κ1) is 19.4. The summed E-state index contributed by atoms with van der Waals surface area (Å²) in [6.45, 7) is 2.46. The van der Waals surface area contributed by atoms with Crippen LogP contribution >= 0.6 is 24.0 Å². The van der Waals surface area contributed by atoms with E-state index in [-0.39, 0.29) is 24.0 Å². The number of aromatic nitrogens is 2. The molecule has 5 nitrogen and oxygen atoms in total. The molecule has 4 rings (SSSR count). The largest absolute Gasteiger partial charge is 0.352 e. The molecule has 0 unspecified atom stereocenters. The fourth-order valence-corrected chi connectivity index (χ4v) is 3.39. The van der Waals surface area contributed by atoms with Gasteiger partial charge in [-0.25, -0.2) is 0 Å². The molecule has 0 saturated heterocycles. The van der Waals surface area contributed by atoms with Crippen molar-refractivity contribution in [2.45, 2.75) is 19.5 Å². The third-order valence-corrected chi connectivity index (χ3v) is 4.68. The van der Waals surface area contributed by atoms with Crippen molar-refractivity contribution in [3.05, 3.63) is 83.7 Å². The summed E-state index contributed by atoms with van der Waals surface area (Å²) in [6.07, 6.45) is 5.07. The van der Waals surface area contributed by atoms with Crippen LogP contribution in [0.3, 0.4) is 0 Å². The molecule has 6 heteroatoms. The maximum atomic E-state index is 4.47. The van der Waals surface area contributed by atoms with Gasteiger partial charge in [-0.1, -0.05) is 48.5 Å². The van der Waals surface area contributed by atoms with Crippen molar-refractivity contribution in [1.82, 2.24) is 15.1 Å². The van der Waals surface area contributed by atoms with Gasteiger partial charge < -0.3 is 10.2 Å². The van der Waals surface area contributed by atoms with Crippen LogP contribution in [0.4, 0.5) is 5.69 Å². The van der Waals surface area contributed by atoms with Crippen LogP contribution in [0.15, 0.2) is 72.0 Å². The lowest BCUT2D eigenvalue weighted by molar-refractivity contribution is 0.685. The van der Waals surface area contributed by atoms with Crippen LogP contribution in [0.5, 0.6) is 0 Å². The lowest BCUT2D eigenvalue weighted by atomic mass is 10.2. The number of hydrogen-bond donors (Lipinski definition) is 1. The molecule has 0 atom stereocenters. The zero-order chi connectivity index (χ0) is 17.8. The molecule has 0 aliphatic carbocycles. The maximum Gasteiger partial charge on any atom is 0.198 e. The summed E-state index contributed by atoms with van der Waals surface area (Å²) in [4.78, 5) is 6.72. The van der Waals surface area contributed by atoms with Crippen LogP contribution in [0.2, 0.25) is 0 Å². The van der Waals surface area contributed by atoms with Crippen LogP contribution in [-0.2, 0) is 19.5 Å². The molecule has 1 N–H and O–H groups in total. The summed E-state index contributed by atoms with van der Waals surface area (Å²) in [6, 6.07) is 18.9. The standard InChI is InChI=1S/C21H23N5.HI/c1-22-21(26-12-11-19-9-5-6-10-20(19)26)23-13-18-14-24-25(16-18)15-17-7-3-2-4-8-17;/h2-10,14,16H,11-13,15H2,1H3,(H,22,23);1H. The molecule has 0 fully saturated rings. The Bertz CT molecular complexity index is 904. The molecule has 0 saturated carbocycles. The minimum Gasteiger partial charge on any atom is -0.352 e. The van der Waals surface area contributed by atoms with Crippen molar-refractivity contribution >= 4 is 35.6 Å². The van der Waals surface area contributed by atoms with Gasteiger partial charge in [0.05, 0.1) is 12.7 Å². The highest BCUT2D eigenvalue weighted by Crippen LogP contribution is 2.27. The number of rotatable bonds is 4. The number of guanidine groups is 1. The van der Waals surface area contributed by atoms with E-state index < -0.39 is 0 Å². The third kappa shape index (κ3) is 4.50. The molecule has 2 aromatic carbocycles. The lowest BCUT2D eigenvalue weighted by Crippen LogP contribution is -2.40. The number of nitrogens with zero attached hydrogens (tertiary/aromatic N) is 4. The minimum absolute atomic E-state index is 0. The topological polar surface area (TPSA) is 45.5 Å². The highest BCUT2D eigenvalue weighted by molar-refractivity contribution is 14.0. The molecule has 27 heavy (non-hydrogen) atoms. The van der Waals surface area contributed by atoms with Gasteiger partial charge in [0.15, 0.2) is 5.96 Å². The Morgan fingerprint density at radius 3 is 2.67 bits per heavy atom. The SMILES string of the molecule is CN=C(NCc1cnn(Cc2ccccc2)c1)N1CCc2ccccc21.I. The van der Waals surface area contributed by atoms with Gasteiger partial charge in [-0.15, -0.1) is 24.0 Å². The molecular formula is C21H24IN5. The average molecular weight is 473 g/mol. The van der Waals surface area contributed by atoms with Crippen molar-refractivity contribution in [2.24, 2.45) is 4.99 Å². The number of fused-ring (bicyclic) bond motifs is 1. The van der Waals surface area contributed by atoms with E-state index in [2.05, 4.69) is 75.0 Å². The first-order valence-corrected chi connectivity index (χ1v) is 8.95. The number of aliphatic imine (C=N–C) groups is 1. The van der Waals surface area contributed by atoms with E-state index in [1.54, 1.807) is 0 Å². The number of benzene rings is 2.